The van der Waals surface area contributed by atoms with E-state index in [9.17, 15) is 18.0 Å². The van der Waals surface area contributed by atoms with E-state index in [0.29, 0.717) is 0 Å². The summed E-state index contributed by atoms with van der Waals surface area (Å²) in [5.41, 5.74) is -0.267. The Balaban J connectivity index is 3.11. The molecule has 0 spiro atoms. The van der Waals surface area contributed by atoms with Crippen molar-refractivity contribution in [2.24, 2.45) is 0 Å². The van der Waals surface area contributed by atoms with Gasteiger partial charge >= 0.3 is 6.36 Å². The predicted octanol–water partition coefficient (Wildman–Crippen LogP) is 2.56. The molecule has 0 aliphatic rings. The monoisotopic (exact) mass is 269 g/mol. The van der Waals surface area contributed by atoms with Gasteiger partial charge in [-0.2, -0.15) is 0 Å². The van der Waals surface area contributed by atoms with Gasteiger partial charge in [-0.15, -0.1) is 13.2 Å². The zero-order valence-electron chi connectivity index (χ0n) is 6.51. The molecule has 0 atom stereocenters. The van der Waals surface area contributed by atoms with E-state index in [4.69, 9.17) is 0 Å². The molecule has 1 aromatic rings. The summed E-state index contributed by atoms with van der Waals surface area (Å²) in [6, 6.07) is 0. The van der Waals surface area contributed by atoms with Crippen LogP contribution in [0.4, 0.5) is 13.2 Å². The molecule has 0 saturated heterocycles. The van der Waals surface area contributed by atoms with Crippen LogP contribution in [0.2, 0.25) is 0 Å². The number of hydrogen-bond acceptors (Lipinski definition) is 3. The van der Waals surface area contributed by atoms with Gasteiger partial charge in [-0.05, 0) is 15.9 Å². The summed E-state index contributed by atoms with van der Waals surface area (Å²) in [4.78, 5) is 13.9. The van der Waals surface area contributed by atoms with E-state index < -0.39 is 12.1 Å². The third-order valence-corrected chi connectivity index (χ3v) is 1.79. The lowest BCUT2D eigenvalue weighted by atomic mass is 10.3. The van der Waals surface area contributed by atoms with Crippen molar-refractivity contribution in [2.75, 3.05) is 0 Å². The summed E-state index contributed by atoms with van der Waals surface area (Å²) in [6.07, 6.45) is -2.51. The molecule has 0 amide bonds. The Bertz CT molecular complexity index is 353. The van der Waals surface area contributed by atoms with Crippen LogP contribution in [0.3, 0.4) is 0 Å². The Morgan fingerprint density at radius 1 is 1.43 bits per heavy atom. The number of carbonyl (C=O) groups excluding carboxylic acids is 1. The van der Waals surface area contributed by atoms with Crippen molar-refractivity contribution in [1.82, 2.24) is 4.98 Å². The summed E-state index contributed by atoms with van der Waals surface area (Å²) < 4.78 is 39.2. The molecule has 0 radical (unpaired) electrons. The fourth-order valence-corrected chi connectivity index (χ4v) is 1.17. The topological polar surface area (TPSA) is 39.2 Å². The summed E-state index contributed by atoms with van der Waals surface area (Å²) in [5.74, 6) is -0.581. The second kappa shape index (κ2) is 3.95. The van der Waals surface area contributed by atoms with Gasteiger partial charge in [0.2, 0.25) is 0 Å². The SMILES string of the molecule is O=Cc1cncc(Br)c1OC(F)(F)F. The van der Waals surface area contributed by atoms with Gasteiger partial charge in [-0.3, -0.25) is 9.78 Å². The Hall–Kier alpha value is -1.11. The highest BCUT2D eigenvalue weighted by Crippen LogP contribution is 2.31. The molecule has 0 saturated carbocycles. The molecule has 0 aliphatic heterocycles. The predicted molar refractivity (Wildman–Crippen MR) is 44.0 cm³/mol. The van der Waals surface area contributed by atoms with Crippen LogP contribution in [-0.2, 0) is 0 Å². The van der Waals surface area contributed by atoms with Crippen molar-refractivity contribution in [3.63, 3.8) is 0 Å². The lowest BCUT2D eigenvalue weighted by Crippen LogP contribution is -2.18. The first-order valence-corrected chi connectivity index (χ1v) is 4.08. The van der Waals surface area contributed by atoms with E-state index in [1.165, 1.54) is 0 Å². The molecule has 1 aromatic heterocycles. The van der Waals surface area contributed by atoms with Crippen LogP contribution in [0.15, 0.2) is 16.9 Å². The van der Waals surface area contributed by atoms with Crippen molar-refractivity contribution >= 4 is 22.2 Å². The maximum Gasteiger partial charge on any atom is 0.573 e. The molecule has 14 heavy (non-hydrogen) atoms. The Morgan fingerprint density at radius 3 is 2.57 bits per heavy atom. The quantitative estimate of drug-likeness (QED) is 0.775. The lowest BCUT2D eigenvalue weighted by Gasteiger charge is -2.11. The second-order valence-corrected chi connectivity index (χ2v) is 3.06. The van der Waals surface area contributed by atoms with Crippen LogP contribution >= 0.6 is 15.9 Å². The molecule has 1 heterocycles. The van der Waals surface area contributed by atoms with E-state index in [0.717, 1.165) is 12.4 Å². The van der Waals surface area contributed by atoms with Crippen LogP contribution in [-0.4, -0.2) is 17.6 Å². The fraction of sp³-hybridized carbons (Fsp3) is 0.143. The van der Waals surface area contributed by atoms with E-state index in [-0.39, 0.29) is 16.3 Å². The van der Waals surface area contributed by atoms with Crippen LogP contribution in [0.1, 0.15) is 10.4 Å². The molecule has 0 aromatic carbocycles. The molecule has 1 rings (SSSR count). The maximum atomic E-state index is 11.9. The van der Waals surface area contributed by atoms with Crippen molar-refractivity contribution in [3.05, 3.63) is 22.4 Å². The van der Waals surface area contributed by atoms with Crippen molar-refractivity contribution in [2.45, 2.75) is 6.36 Å². The number of carbonyl (C=O) groups is 1. The third kappa shape index (κ3) is 2.69. The van der Waals surface area contributed by atoms with E-state index in [1.54, 1.807) is 0 Å². The number of aromatic nitrogens is 1. The number of pyridine rings is 1. The van der Waals surface area contributed by atoms with E-state index >= 15 is 0 Å². The average Bonchev–Trinajstić information content (AvgIpc) is 2.06. The number of hydrogen-bond donors (Lipinski definition) is 0. The number of alkyl halides is 3. The molecule has 0 N–H and O–H groups in total. The number of rotatable bonds is 2. The minimum absolute atomic E-state index is 0.0283. The molecule has 7 heteroatoms. The van der Waals surface area contributed by atoms with Gasteiger partial charge in [0.1, 0.15) is 0 Å². The highest BCUT2D eigenvalue weighted by atomic mass is 79.9. The van der Waals surface area contributed by atoms with Crippen LogP contribution < -0.4 is 4.74 Å². The van der Waals surface area contributed by atoms with Crippen molar-refractivity contribution < 1.29 is 22.7 Å². The third-order valence-electron chi connectivity index (χ3n) is 1.23. The number of ether oxygens (including phenoxy) is 1. The van der Waals surface area contributed by atoms with E-state index in [2.05, 4.69) is 25.7 Å². The largest absolute Gasteiger partial charge is 0.573 e. The average molecular weight is 270 g/mol. The van der Waals surface area contributed by atoms with E-state index in [1.807, 2.05) is 0 Å². The highest BCUT2D eigenvalue weighted by molar-refractivity contribution is 9.10. The Morgan fingerprint density at radius 2 is 2.07 bits per heavy atom. The molecule has 76 valence electrons. The van der Waals surface area contributed by atoms with Crippen LogP contribution in [0.25, 0.3) is 0 Å². The Labute approximate surface area is 85.0 Å². The molecular weight excluding hydrogens is 267 g/mol. The number of halogens is 4. The summed E-state index contributed by atoms with van der Waals surface area (Å²) in [6.45, 7) is 0. The van der Waals surface area contributed by atoms with Gasteiger partial charge in [0.05, 0.1) is 10.0 Å². The molecule has 0 unspecified atom stereocenters. The normalized spacial score (nSPS) is 11.1. The molecule has 3 nitrogen and oxygen atoms in total. The molecule has 0 aliphatic carbocycles. The smallest absolute Gasteiger partial charge is 0.404 e. The maximum absolute atomic E-state index is 11.9. The first-order chi connectivity index (χ1) is 6.44. The van der Waals surface area contributed by atoms with Gasteiger partial charge in [0.25, 0.3) is 0 Å². The van der Waals surface area contributed by atoms with Crippen molar-refractivity contribution in [1.29, 1.82) is 0 Å². The molecular formula is C7H3BrF3NO2. The van der Waals surface area contributed by atoms with Crippen LogP contribution in [0.5, 0.6) is 5.75 Å². The number of nitrogens with zero attached hydrogens (tertiary/aromatic N) is 1. The fourth-order valence-electron chi connectivity index (χ4n) is 0.746. The standard InChI is InChI=1S/C7H3BrF3NO2/c8-5-2-12-1-4(3-13)6(5)14-7(9,10)11/h1-3H. The van der Waals surface area contributed by atoms with Crippen LogP contribution in [0, 0.1) is 0 Å². The van der Waals surface area contributed by atoms with Gasteiger partial charge in [-0.1, -0.05) is 0 Å². The summed E-state index contributed by atoms with van der Waals surface area (Å²) in [5, 5.41) is 0. The first-order valence-electron chi connectivity index (χ1n) is 3.28. The zero-order chi connectivity index (χ0) is 10.8. The van der Waals surface area contributed by atoms with Crippen molar-refractivity contribution in [3.8, 4) is 5.75 Å². The zero-order valence-corrected chi connectivity index (χ0v) is 8.09. The van der Waals surface area contributed by atoms with Gasteiger partial charge in [0, 0.05) is 12.4 Å². The Kier molecular flexibility index (Phi) is 3.10. The lowest BCUT2D eigenvalue weighted by molar-refractivity contribution is -0.275. The highest BCUT2D eigenvalue weighted by Gasteiger charge is 2.33. The van der Waals surface area contributed by atoms with Gasteiger partial charge in [0.15, 0.2) is 12.0 Å². The minimum atomic E-state index is -4.83. The number of aldehydes is 1. The minimum Gasteiger partial charge on any atom is -0.404 e. The van der Waals surface area contributed by atoms with Gasteiger partial charge in [-0.25, -0.2) is 0 Å². The molecule has 0 fully saturated rings. The summed E-state index contributed by atoms with van der Waals surface area (Å²) in [7, 11) is 0. The summed E-state index contributed by atoms with van der Waals surface area (Å²) >= 11 is 2.79. The van der Waals surface area contributed by atoms with Gasteiger partial charge < -0.3 is 4.74 Å². The first kappa shape index (κ1) is 11.0. The second-order valence-electron chi connectivity index (χ2n) is 2.21. The molecule has 0 bridgehead atoms.